The molecule has 5 aromatic rings. The molecule has 0 radical (unpaired) electrons. The van der Waals surface area contributed by atoms with Crippen LogP contribution < -0.4 is 15.4 Å². The maximum Gasteiger partial charge on any atom is 0.337 e. The first-order valence-electron chi connectivity index (χ1n) is 20.2. The Kier molecular flexibility index (Phi) is 13.9. The molecule has 0 bridgehead atoms. The zero-order chi connectivity index (χ0) is 42.3. The number of aryl methyl sites for hydroxylation is 1. The van der Waals surface area contributed by atoms with Crippen LogP contribution in [0.5, 0.6) is 5.75 Å². The van der Waals surface area contributed by atoms with Crippen LogP contribution in [-0.4, -0.2) is 81.7 Å². The number of esters is 1. The van der Waals surface area contributed by atoms with Gasteiger partial charge in [-0.05, 0) is 90.9 Å². The molecule has 59 heavy (non-hydrogen) atoms. The molecule has 13 heteroatoms. The van der Waals surface area contributed by atoms with Crippen molar-refractivity contribution in [3.05, 3.63) is 107 Å². The molecule has 0 spiro atoms. The molecule has 2 aromatic heterocycles. The highest BCUT2D eigenvalue weighted by Gasteiger charge is 2.44. The summed E-state index contributed by atoms with van der Waals surface area (Å²) in [6.45, 7) is 10.7. The predicted octanol–water partition coefficient (Wildman–Crippen LogP) is 7.22. The molecule has 3 heterocycles. The average molecular weight is 822 g/mol. The molecule has 312 valence electrons. The lowest BCUT2D eigenvalue weighted by atomic mass is 9.85. The van der Waals surface area contributed by atoms with Gasteiger partial charge >= 0.3 is 5.97 Å². The van der Waals surface area contributed by atoms with Gasteiger partial charge in [0.15, 0.2) is 0 Å². The molecule has 1 aliphatic rings. The maximum atomic E-state index is 14.1. The number of benzene rings is 3. The van der Waals surface area contributed by atoms with E-state index in [4.69, 9.17) is 9.47 Å². The van der Waals surface area contributed by atoms with Gasteiger partial charge < -0.3 is 34.7 Å². The van der Waals surface area contributed by atoms with Gasteiger partial charge in [-0.1, -0.05) is 63.2 Å². The largest absolute Gasteiger partial charge is 0.494 e. The standard InChI is InChI=1S/C46H55N5O7S/c1-29(32-13-16-34(17-14-32)41-30(2)47-28-59-41)48-43(54)39-25-36(52)27-51(39)44(55)42(46(3,4)5)49-40(53)10-8-7-9-23-58-37-19-11-31(12-20-37)26-50-22-21-33-15-18-35(24-38(33)50)45(56)57-6/h11-22,24,28-29,36,39,42,52H,7-10,23,25-27H2,1-6H3,(H,48,54)(H,49,53)/t29-,36+,39-,42+/m0/s1. The minimum atomic E-state index is -0.879. The number of rotatable bonds is 16. The number of β-amino-alcohol motifs (C(OH)–C–C–N with tert-alkyl or cyclic N) is 1. The number of nitrogens with one attached hydrogen (secondary N) is 2. The summed E-state index contributed by atoms with van der Waals surface area (Å²) in [6.07, 6.45) is 3.66. The lowest BCUT2D eigenvalue weighted by Crippen LogP contribution is -2.57. The Morgan fingerprint density at radius 3 is 2.39 bits per heavy atom. The first kappa shape index (κ1) is 43.1. The van der Waals surface area contributed by atoms with E-state index in [-0.39, 0.29) is 49.1 Å². The Morgan fingerprint density at radius 1 is 0.966 bits per heavy atom. The molecule has 3 amide bonds. The van der Waals surface area contributed by atoms with E-state index < -0.39 is 23.6 Å². The fraction of sp³-hybridized carbons (Fsp3) is 0.413. The molecular formula is C46H55N5O7S. The number of amides is 3. The van der Waals surface area contributed by atoms with Gasteiger partial charge in [0.2, 0.25) is 17.7 Å². The fourth-order valence-corrected chi connectivity index (χ4v) is 8.27. The van der Waals surface area contributed by atoms with Crippen molar-refractivity contribution in [2.75, 3.05) is 20.3 Å². The molecule has 0 saturated carbocycles. The number of unbranched alkanes of at least 4 members (excludes halogenated alkanes) is 2. The summed E-state index contributed by atoms with van der Waals surface area (Å²) >= 11 is 1.58. The predicted molar refractivity (Wildman–Crippen MR) is 229 cm³/mol. The van der Waals surface area contributed by atoms with Gasteiger partial charge in [-0.25, -0.2) is 9.78 Å². The summed E-state index contributed by atoms with van der Waals surface area (Å²) < 4.78 is 12.9. The number of aliphatic hydroxyl groups excluding tert-OH is 1. The van der Waals surface area contributed by atoms with Crippen LogP contribution in [0.25, 0.3) is 21.3 Å². The minimum absolute atomic E-state index is 0.0168. The second-order valence-corrected chi connectivity index (χ2v) is 17.2. The number of ether oxygens (including phenoxy) is 2. The number of aliphatic hydroxyl groups is 1. The number of likely N-dealkylation sites (tertiary alicyclic amines) is 1. The summed E-state index contributed by atoms with van der Waals surface area (Å²) in [7, 11) is 1.38. The average Bonchev–Trinajstić information content (AvgIpc) is 3.95. The van der Waals surface area contributed by atoms with Gasteiger partial charge in [0, 0.05) is 37.6 Å². The second kappa shape index (κ2) is 19.0. The monoisotopic (exact) mass is 821 g/mol. The molecule has 6 rings (SSSR count). The topological polar surface area (TPSA) is 152 Å². The first-order chi connectivity index (χ1) is 28.2. The number of methoxy groups -OCH3 is 1. The molecule has 1 fully saturated rings. The van der Waals surface area contributed by atoms with Gasteiger partial charge in [-0.3, -0.25) is 14.4 Å². The number of carbonyl (C=O) groups excluding carboxylic acids is 4. The Balaban J connectivity index is 0.944. The summed E-state index contributed by atoms with van der Waals surface area (Å²) in [6, 6.07) is 21.4. The molecule has 0 aliphatic carbocycles. The normalized spacial score (nSPS) is 16.4. The van der Waals surface area contributed by atoms with E-state index in [1.807, 2.05) is 113 Å². The van der Waals surface area contributed by atoms with E-state index in [0.29, 0.717) is 25.1 Å². The van der Waals surface area contributed by atoms with Gasteiger partial charge in [-0.2, -0.15) is 0 Å². The molecule has 1 aliphatic heterocycles. The summed E-state index contributed by atoms with van der Waals surface area (Å²) in [5, 5.41) is 17.7. The van der Waals surface area contributed by atoms with Crippen molar-refractivity contribution in [2.45, 2.75) is 97.5 Å². The lowest BCUT2D eigenvalue weighted by molar-refractivity contribution is -0.144. The van der Waals surface area contributed by atoms with Crippen LogP contribution in [0.2, 0.25) is 0 Å². The van der Waals surface area contributed by atoms with Gasteiger partial charge in [0.1, 0.15) is 17.8 Å². The Morgan fingerprint density at radius 2 is 1.71 bits per heavy atom. The highest BCUT2D eigenvalue weighted by atomic mass is 32.1. The van der Waals surface area contributed by atoms with Crippen molar-refractivity contribution in [2.24, 2.45) is 5.41 Å². The molecule has 4 atom stereocenters. The van der Waals surface area contributed by atoms with Crippen LogP contribution in [0.4, 0.5) is 0 Å². The SMILES string of the molecule is COC(=O)c1ccc2ccn(Cc3ccc(OCCCCCC(=O)N[C@H](C(=O)N4C[C@H](O)C[C@H]4C(=O)N[C@@H](C)c4ccc(-c5scnc5C)cc4)C(C)(C)C)cc3)c2c1. The second-order valence-electron chi connectivity index (χ2n) is 16.4. The third-order valence-corrected chi connectivity index (χ3v) is 11.8. The van der Waals surface area contributed by atoms with E-state index >= 15 is 0 Å². The zero-order valence-corrected chi connectivity index (χ0v) is 35.5. The van der Waals surface area contributed by atoms with E-state index in [2.05, 4.69) is 20.2 Å². The number of nitrogens with zero attached hydrogens (tertiary/aromatic N) is 3. The van der Waals surface area contributed by atoms with Gasteiger partial charge in [0.25, 0.3) is 0 Å². The maximum absolute atomic E-state index is 14.1. The molecular weight excluding hydrogens is 767 g/mol. The van der Waals surface area contributed by atoms with Crippen molar-refractivity contribution in [3.8, 4) is 16.2 Å². The van der Waals surface area contributed by atoms with Crippen LogP contribution in [0.15, 0.2) is 84.5 Å². The van der Waals surface area contributed by atoms with Gasteiger partial charge in [0.05, 0.1) is 47.5 Å². The Labute approximate surface area is 349 Å². The molecule has 0 unspecified atom stereocenters. The number of fused-ring (bicyclic) bond motifs is 1. The number of hydrogen-bond donors (Lipinski definition) is 3. The van der Waals surface area contributed by atoms with Crippen molar-refractivity contribution < 1.29 is 33.8 Å². The number of thiazole rings is 1. The number of aromatic nitrogens is 2. The number of hydrogen-bond acceptors (Lipinski definition) is 9. The van der Waals surface area contributed by atoms with Crippen LogP contribution in [-0.2, 0) is 25.7 Å². The van der Waals surface area contributed by atoms with Gasteiger partial charge in [-0.15, -0.1) is 11.3 Å². The van der Waals surface area contributed by atoms with Crippen LogP contribution in [0, 0.1) is 12.3 Å². The quantitative estimate of drug-likeness (QED) is 0.0698. The van der Waals surface area contributed by atoms with Crippen LogP contribution >= 0.6 is 11.3 Å². The minimum Gasteiger partial charge on any atom is -0.494 e. The third-order valence-electron chi connectivity index (χ3n) is 10.8. The van der Waals surface area contributed by atoms with E-state index in [9.17, 15) is 24.3 Å². The fourth-order valence-electron chi connectivity index (χ4n) is 7.46. The van der Waals surface area contributed by atoms with Crippen LogP contribution in [0.3, 0.4) is 0 Å². The molecule has 3 aromatic carbocycles. The Hall–Kier alpha value is -5.53. The van der Waals surface area contributed by atoms with Crippen LogP contribution in [0.1, 0.15) is 93.0 Å². The Bertz CT molecular complexity index is 2240. The van der Waals surface area contributed by atoms with E-state index in [1.54, 1.807) is 17.4 Å². The van der Waals surface area contributed by atoms with Crippen molar-refractivity contribution >= 4 is 45.9 Å². The van der Waals surface area contributed by atoms with E-state index in [0.717, 1.165) is 56.8 Å². The zero-order valence-electron chi connectivity index (χ0n) is 34.7. The third kappa shape index (κ3) is 10.8. The summed E-state index contributed by atoms with van der Waals surface area (Å²) in [5.74, 6) is -0.570. The van der Waals surface area contributed by atoms with Crippen molar-refractivity contribution in [1.82, 2.24) is 25.1 Å². The van der Waals surface area contributed by atoms with E-state index in [1.165, 1.54) is 12.0 Å². The smallest absolute Gasteiger partial charge is 0.337 e. The molecule has 1 saturated heterocycles. The van der Waals surface area contributed by atoms with Crippen molar-refractivity contribution in [1.29, 1.82) is 0 Å². The highest BCUT2D eigenvalue weighted by molar-refractivity contribution is 7.13. The van der Waals surface area contributed by atoms with Crippen molar-refractivity contribution in [3.63, 3.8) is 0 Å². The summed E-state index contributed by atoms with van der Waals surface area (Å²) in [5.41, 5.74) is 6.68. The first-order valence-corrected chi connectivity index (χ1v) is 21.1. The summed E-state index contributed by atoms with van der Waals surface area (Å²) in [4.78, 5) is 59.7. The molecule has 3 N–H and O–H groups in total. The highest BCUT2D eigenvalue weighted by Crippen LogP contribution is 2.30. The lowest BCUT2D eigenvalue weighted by Gasteiger charge is -2.35. The molecule has 12 nitrogen and oxygen atoms in total. The number of carbonyl (C=O) groups is 4.